The Bertz CT molecular complexity index is 582. The average molecular weight is 250 g/mol. The van der Waals surface area contributed by atoms with Gasteiger partial charge in [-0.1, -0.05) is 0 Å². The highest BCUT2D eigenvalue weighted by Crippen LogP contribution is 2.20. The smallest absolute Gasteiger partial charge is 0.272 e. The molecule has 0 radical (unpaired) electrons. The number of non-ortho nitro benzene ring substituents is 1. The highest BCUT2D eigenvalue weighted by atomic mass is 19.1. The minimum Gasteiger partial charge on any atom is -0.330 e. The zero-order valence-electron chi connectivity index (χ0n) is 9.41. The predicted octanol–water partition coefficient (Wildman–Crippen LogP) is 1.42. The molecule has 1 aromatic heterocycles. The van der Waals surface area contributed by atoms with Gasteiger partial charge in [0.15, 0.2) is 5.82 Å². The molecule has 0 unspecified atom stereocenters. The van der Waals surface area contributed by atoms with E-state index in [0.717, 1.165) is 6.07 Å². The zero-order chi connectivity index (χ0) is 13.1. The number of rotatable bonds is 4. The van der Waals surface area contributed by atoms with Gasteiger partial charge in [-0.25, -0.2) is 9.37 Å². The third-order valence-electron chi connectivity index (χ3n) is 2.49. The lowest BCUT2D eigenvalue weighted by molar-refractivity contribution is -0.385. The third-order valence-corrected chi connectivity index (χ3v) is 2.49. The van der Waals surface area contributed by atoms with Crippen LogP contribution in [0.15, 0.2) is 30.6 Å². The fraction of sp³-hybridized carbons (Fsp3) is 0.182. The highest BCUT2D eigenvalue weighted by Gasteiger charge is 2.13. The Labute approximate surface area is 102 Å². The molecule has 0 saturated heterocycles. The molecule has 1 aromatic carbocycles. The Morgan fingerprint density at radius 1 is 1.50 bits per heavy atom. The fourth-order valence-corrected chi connectivity index (χ4v) is 1.67. The van der Waals surface area contributed by atoms with Crippen LogP contribution in [0, 0.1) is 15.9 Å². The van der Waals surface area contributed by atoms with Crippen LogP contribution in [0.5, 0.6) is 0 Å². The van der Waals surface area contributed by atoms with Crippen LogP contribution in [-0.4, -0.2) is 21.0 Å². The van der Waals surface area contributed by atoms with Gasteiger partial charge in [0, 0.05) is 24.9 Å². The van der Waals surface area contributed by atoms with E-state index in [0.29, 0.717) is 18.8 Å². The monoisotopic (exact) mass is 250 g/mol. The molecular weight excluding hydrogens is 239 g/mol. The van der Waals surface area contributed by atoms with Crippen molar-refractivity contribution in [2.24, 2.45) is 5.73 Å². The number of nitrogens with two attached hydrogens (primary N) is 1. The predicted molar refractivity (Wildman–Crippen MR) is 62.9 cm³/mol. The van der Waals surface area contributed by atoms with Crippen LogP contribution >= 0.6 is 0 Å². The van der Waals surface area contributed by atoms with Crippen LogP contribution in [-0.2, 0) is 6.42 Å². The Morgan fingerprint density at radius 3 is 2.89 bits per heavy atom. The number of nitro benzene ring substituents is 1. The van der Waals surface area contributed by atoms with Gasteiger partial charge < -0.3 is 10.3 Å². The lowest BCUT2D eigenvalue weighted by Crippen LogP contribution is -2.09. The standard InChI is InChI=1S/C11H11FN4O2/c12-9-7-8(16(17)18)1-2-10(9)15-6-5-14-11(15)3-4-13/h1-2,5-7H,3-4,13H2. The lowest BCUT2D eigenvalue weighted by Gasteiger charge is -2.07. The van der Waals surface area contributed by atoms with Crippen LogP contribution < -0.4 is 5.73 Å². The Kier molecular flexibility index (Phi) is 3.33. The molecule has 2 rings (SSSR count). The SMILES string of the molecule is NCCc1nccn1-c1ccc([N+](=O)[O-])cc1F. The molecule has 0 bridgehead atoms. The van der Waals surface area contributed by atoms with Crippen LogP contribution in [0.25, 0.3) is 5.69 Å². The summed E-state index contributed by atoms with van der Waals surface area (Å²) in [6.07, 6.45) is 3.63. The molecule has 18 heavy (non-hydrogen) atoms. The molecule has 94 valence electrons. The molecule has 0 fully saturated rings. The molecule has 0 aliphatic carbocycles. The van der Waals surface area contributed by atoms with Gasteiger partial charge in [-0.2, -0.15) is 0 Å². The van der Waals surface area contributed by atoms with Gasteiger partial charge in [0.1, 0.15) is 5.82 Å². The maximum atomic E-state index is 13.8. The Hall–Kier alpha value is -2.28. The molecule has 0 aliphatic heterocycles. The van der Waals surface area contributed by atoms with Crippen molar-refractivity contribution in [3.05, 3.63) is 52.3 Å². The third kappa shape index (κ3) is 2.21. The van der Waals surface area contributed by atoms with E-state index >= 15 is 0 Å². The van der Waals surface area contributed by atoms with E-state index < -0.39 is 10.7 Å². The second-order valence-electron chi connectivity index (χ2n) is 3.64. The van der Waals surface area contributed by atoms with Gasteiger partial charge in [-0.15, -0.1) is 0 Å². The number of aromatic nitrogens is 2. The summed E-state index contributed by atoms with van der Waals surface area (Å²) in [6.45, 7) is 0.394. The molecule has 2 N–H and O–H groups in total. The number of benzene rings is 1. The fourth-order valence-electron chi connectivity index (χ4n) is 1.67. The van der Waals surface area contributed by atoms with Crippen LogP contribution in [0.1, 0.15) is 5.82 Å². The first-order valence-corrected chi connectivity index (χ1v) is 5.30. The topological polar surface area (TPSA) is 87.0 Å². The number of nitrogens with zero attached hydrogens (tertiary/aromatic N) is 3. The molecule has 1 heterocycles. The van der Waals surface area contributed by atoms with Crippen molar-refractivity contribution in [2.75, 3.05) is 6.54 Å². The largest absolute Gasteiger partial charge is 0.330 e. The van der Waals surface area contributed by atoms with Crippen molar-refractivity contribution < 1.29 is 9.31 Å². The van der Waals surface area contributed by atoms with E-state index in [-0.39, 0.29) is 11.4 Å². The molecule has 0 spiro atoms. The minimum absolute atomic E-state index is 0.224. The Morgan fingerprint density at radius 2 is 2.28 bits per heavy atom. The summed E-state index contributed by atoms with van der Waals surface area (Å²) in [6, 6.07) is 3.50. The average Bonchev–Trinajstić information content (AvgIpc) is 2.77. The summed E-state index contributed by atoms with van der Waals surface area (Å²) < 4.78 is 15.3. The van der Waals surface area contributed by atoms with Gasteiger partial charge in [0.25, 0.3) is 5.69 Å². The van der Waals surface area contributed by atoms with Crippen LogP contribution in [0.2, 0.25) is 0 Å². The van der Waals surface area contributed by atoms with Crippen LogP contribution in [0.3, 0.4) is 0 Å². The normalized spacial score (nSPS) is 10.6. The maximum absolute atomic E-state index is 13.8. The van der Waals surface area contributed by atoms with E-state index in [4.69, 9.17) is 5.73 Å². The van der Waals surface area contributed by atoms with Crippen molar-refractivity contribution in [3.63, 3.8) is 0 Å². The van der Waals surface area contributed by atoms with Crippen molar-refractivity contribution in [3.8, 4) is 5.69 Å². The number of imidazole rings is 1. The molecule has 0 atom stereocenters. The number of hydrogen-bond acceptors (Lipinski definition) is 4. The summed E-state index contributed by atoms with van der Waals surface area (Å²) in [5, 5.41) is 10.5. The Balaban J connectivity index is 2.44. The van der Waals surface area contributed by atoms with Gasteiger partial charge in [-0.05, 0) is 12.6 Å². The van der Waals surface area contributed by atoms with Gasteiger partial charge in [-0.3, -0.25) is 10.1 Å². The summed E-state index contributed by atoms with van der Waals surface area (Å²) in [5.74, 6) is -0.0503. The molecule has 0 amide bonds. The van der Waals surface area contributed by atoms with Crippen LogP contribution in [0.4, 0.5) is 10.1 Å². The van der Waals surface area contributed by atoms with E-state index in [1.807, 2.05) is 0 Å². The first-order valence-electron chi connectivity index (χ1n) is 5.30. The molecule has 0 saturated carbocycles. The van der Waals surface area contributed by atoms with Crippen molar-refractivity contribution in [1.82, 2.24) is 9.55 Å². The van der Waals surface area contributed by atoms with E-state index in [1.54, 1.807) is 6.20 Å². The van der Waals surface area contributed by atoms with Crippen molar-refractivity contribution >= 4 is 5.69 Å². The summed E-state index contributed by atoms with van der Waals surface area (Å²) in [7, 11) is 0. The van der Waals surface area contributed by atoms with E-state index in [1.165, 1.54) is 22.9 Å². The summed E-state index contributed by atoms with van der Waals surface area (Å²) in [4.78, 5) is 13.9. The zero-order valence-corrected chi connectivity index (χ0v) is 9.41. The van der Waals surface area contributed by atoms with Gasteiger partial charge in [0.05, 0.1) is 16.7 Å². The minimum atomic E-state index is -0.666. The molecular formula is C11H11FN4O2. The molecule has 7 heteroatoms. The number of nitro groups is 1. The van der Waals surface area contributed by atoms with E-state index in [2.05, 4.69) is 4.98 Å². The van der Waals surface area contributed by atoms with Crippen molar-refractivity contribution in [2.45, 2.75) is 6.42 Å². The number of halogens is 1. The summed E-state index contributed by atoms with van der Waals surface area (Å²) in [5.41, 5.74) is 5.38. The number of hydrogen-bond donors (Lipinski definition) is 1. The lowest BCUT2D eigenvalue weighted by atomic mass is 10.2. The second-order valence-corrected chi connectivity index (χ2v) is 3.64. The maximum Gasteiger partial charge on any atom is 0.272 e. The van der Waals surface area contributed by atoms with E-state index in [9.17, 15) is 14.5 Å². The van der Waals surface area contributed by atoms with Gasteiger partial charge >= 0.3 is 0 Å². The van der Waals surface area contributed by atoms with Crippen molar-refractivity contribution in [1.29, 1.82) is 0 Å². The highest BCUT2D eigenvalue weighted by molar-refractivity contribution is 5.43. The first-order chi connectivity index (χ1) is 8.63. The van der Waals surface area contributed by atoms with Gasteiger partial charge in [0.2, 0.25) is 0 Å². The molecule has 0 aliphatic rings. The molecule has 6 nitrogen and oxygen atoms in total. The second kappa shape index (κ2) is 4.92. The first kappa shape index (κ1) is 12.2. The molecule has 2 aromatic rings. The summed E-state index contributed by atoms with van der Waals surface area (Å²) >= 11 is 0. The quantitative estimate of drug-likeness (QED) is 0.656.